The lowest BCUT2D eigenvalue weighted by Gasteiger charge is -2.07. The average molecular weight is 518 g/mol. The van der Waals surface area contributed by atoms with E-state index in [1.54, 1.807) is 0 Å². The molecule has 2 aromatic carbocycles. The number of rotatable bonds is 7. The maximum Gasteiger partial charge on any atom is 0.277 e. The summed E-state index contributed by atoms with van der Waals surface area (Å²) in [4.78, 5) is 21.7. The molecule has 0 radical (unpaired) electrons. The minimum atomic E-state index is -0.908. The van der Waals surface area contributed by atoms with E-state index < -0.39 is 5.92 Å². The molecule has 0 aliphatic rings. The summed E-state index contributed by atoms with van der Waals surface area (Å²) in [6.07, 6.45) is 0. The lowest BCUT2D eigenvalue weighted by molar-refractivity contribution is -0.116. The molecule has 0 N–H and O–H groups in total. The van der Waals surface area contributed by atoms with E-state index in [0.717, 1.165) is 45.2 Å². The predicted molar refractivity (Wildman–Crippen MR) is 136 cm³/mol. The van der Waals surface area contributed by atoms with Gasteiger partial charge < -0.3 is 4.42 Å². The number of pyridine rings is 1. The summed E-state index contributed by atoms with van der Waals surface area (Å²) < 4.78 is 5.91. The second-order valence-electron chi connectivity index (χ2n) is 7.60. The van der Waals surface area contributed by atoms with Crippen molar-refractivity contribution in [1.29, 1.82) is 5.26 Å². The first kappa shape index (κ1) is 23.2. The molecule has 7 nitrogen and oxygen atoms in total. The number of hydrogen-bond acceptors (Lipinski definition) is 9. The number of thioether (sulfide) groups is 1. The van der Waals surface area contributed by atoms with Gasteiger partial charge >= 0.3 is 0 Å². The number of thiazole rings is 1. The first-order chi connectivity index (χ1) is 17.0. The summed E-state index contributed by atoms with van der Waals surface area (Å²) in [5, 5.41) is 21.9. The van der Waals surface area contributed by atoms with E-state index in [-0.39, 0.29) is 16.8 Å². The zero-order chi connectivity index (χ0) is 24.4. The third-order valence-corrected chi connectivity index (χ3v) is 7.29. The lowest BCUT2D eigenvalue weighted by Crippen LogP contribution is -2.13. The Morgan fingerprint density at radius 3 is 2.71 bits per heavy atom. The Morgan fingerprint density at radius 2 is 1.97 bits per heavy atom. The molecule has 5 rings (SSSR count). The third-order valence-electron chi connectivity index (χ3n) is 5.17. The van der Waals surface area contributed by atoms with Crippen molar-refractivity contribution < 1.29 is 9.21 Å². The van der Waals surface area contributed by atoms with E-state index >= 15 is 0 Å². The molecule has 1 unspecified atom stereocenters. The average Bonchev–Trinajstić information content (AvgIpc) is 3.52. The van der Waals surface area contributed by atoms with Crippen molar-refractivity contribution >= 4 is 51.4 Å². The number of halogens is 1. The van der Waals surface area contributed by atoms with Crippen molar-refractivity contribution in [2.45, 2.75) is 18.1 Å². The van der Waals surface area contributed by atoms with Gasteiger partial charge in [0.25, 0.3) is 5.22 Å². The molecule has 0 amide bonds. The maximum atomic E-state index is 12.7. The molecule has 0 spiro atoms. The van der Waals surface area contributed by atoms with Crippen LogP contribution in [-0.4, -0.2) is 31.7 Å². The smallest absolute Gasteiger partial charge is 0.277 e. The Bertz CT molecular complexity index is 1570. The van der Waals surface area contributed by atoms with E-state index in [4.69, 9.17) is 21.0 Å². The molecular weight excluding hydrogens is 502 g/mol. The van der Waals surface area contributed by atoms with Crippen molar-refractivity contribution in [1.82, 2.24) is 20.2 Å². The van der Waals surface area contributed by atoms with Crippen molar-refractivity contribution in [2.75, 3.05) is 5.75 Å². The molecule has 5 aromatic rings. The topological polar surface area (TPSA) is 106 Å². The first-order valence-corrected chi connectivity index (χ1v) is 12.7. The van der Waals surface area contributed by atoms with Crippen LogP contribution in [0.5, 0.6) is 0 Å². The van der Waals surface area contributed by atoms with Crippen LogP contribution in [0.4, 0.5) is 0 Å². The maximum absolute atomic E-state index is 12.7. The Kier molecular flexibility index (Phi) is 6.59. The summed E-state index contributed by atoms with van der Waals surface area (Å²) in [5.74, 6) is -0.826. The van der Waals surface area contributed by atoms with E-state index in [1.807, 2.05) is 73.0 Å². The highest BCUT2D eigenvalue weighted by molar-refractivity contribution is 7.99. The normalized spacial score (nSPS) is 11.9. The molecule has 0 saturated carbocycles. The van der Waals surface area contributed by atoms with Gasteiger partial charge in [0.15, 0.2) is 11.7 Å². The largest absolute Gasteiger partial charge is 0.411 e. The minimum absolute atomic E-state index is 0.0194. The summed E-state index contributed by atoms with van der Waals surface area (Å²) in [7, 11) is 0. The van der Waals surface area contributed by atoms with Crippen molar-refractivity contribution in [3.63, 3.8) is 0 Å². The monoisotopic (exact) mass is 517 g/mol. The Hall–Kier alpha value is -3.58. The van der Waals surface area contributed by atoms with Gasteiger partial charge in [0.1, 0.15) is 5.01 Å². The van der Waals surface area contributed by atoms with Gasteiger partial charge in [0.2, 0.25) is 5.89 Å². The van der Waals surface area contributed by atoms with Gasteiger partial charge in [-0.15, -0.1) is 21.5 Å². The zero-order valence-corrected chi connectivity index (χ0v) is 20.7. The van der Waals surface area contributed by atoms with Crippen LogP contribution >= 0.6 is 34.7 Å². The van der Waals surface area contributed by atoms with Gasteiger partial charge in [-0.2, -0.15) is 5.26 Å². The molecule has 0 saturated heterocycles. The number of Topliss-reactive ketones (excluding diaryl/α,β-unsaturated/α-hetero) is 1. The van der Waals surface area contributed by atoms with E-state index in [9.17, 15) is 10.1 Å². The van der Waals surface area contributed by atoms with Crippen LogP contribution in [0.15, 0.2) is 69.6 Å². The highest BCUT2D eigenvalue weighted by atomic mass is 35.5. The molecule has 10 heteroatoms. The lowest BCUT2D eigenvalue weighted by atomic mass is 10.0. The summed E-state index contributed by atoms with van der Waals surface area (Å²) in [6, 6.07) is 19.1. The number of nitrogens with zero attached hydrogens (tertiary/aromatic N) is 5. The van der Waals surface area contributed by atoms with Crippen molar-refractivity contribution in [3.05, 3.63) is 75.7 Å². The van der Waals surface area contributed by atoms with Crippen molar-refractivity contribution in [2.24, 2.45) is 0 Å². The van der Waals surface area contributed by atoms with Gasteiger partial charge in [0.05, 0.1) is 28.6 Å². The minimum Gasteiger partial charge on any atom is -0.411 e. The number of carbonyl (C=O) groups excluding carboxylic acids is 1. The molecule has 1 atom stereocenters. The van der Waals surface area contributed by atoms with E-state index in [0.29, 0.717) is 15.9 Å². The van der Waals surface area contributed by atoms with E-state index in [1.165, 1.54) is 11.3 Å². The van der Waals surface area contributed by atoms with Crippen LogP contribution in [0, 0.1) is 18.3 Å². The highest BCUT2D eigenvalue weighted by Crippen LogP contribution is 2.33. The molecule has 3 aromatic heterocycles. The van der Waals surface area contributed by atoms with Gasteiger partial charge in [-0.05, 0) is 31.2 Å². The Labute approximate surface area is 213 Å². The number of carbonyl (C=O) groups is 1. The van der Waals surface area contributed by atoms with Gasteiger partial charge in [-0.1, -0.05) is 53.7 Å². The van der Waals surface area contributed by atoms with Gasteiger partial charge in [-0.25, -0.2) is 9.97 Å². The van der Waals surface area contributed by atoms with Crippen LogP contribution in [0.1, 0.15) is 16.6 Å². The fourth-order valence-electron chi connectivity index (χ4n) is 3.48. The predicted octanol–water partition coefficient (Wildman–Crippen LogP) is 6.34. The fourth-order valence-corrected chi connectivity index (χ4v) is 5.14. The molecule has 3 heterocycles. The number of aryl methyl sites for hydroxylation is 1. The van der Waals surface area contributed by atoms with Crippen LogP contribution in [-0.2, 0) is 4.79 Å². The standard InChI is InChI=1S/C25H16ClN5O2S2/c1-14-12-34-24(28-14)19(11-27)22(32)13-35-25-31-30-23(33-25)18-10-21(15-6-8-16(26)9-7-15)29-20-5-3-2-4-17(18)20/h2-10,12,19H,13H2,1H3. The Morgan fingerprint density at radius 1 is 1.17 bits per heavy atom. The highest BCUT2D eigenvalue weighted by Gasteiger charge is 2.24. The molecule has 172 valence electrons. The molecule has 0 bridgehead atoms. The summed E-state index contributed by atoms with van der Waals surface area (Å²) in [5.41, 5.74) is 3.96. The molecule has 0 aliphatic carbocycles. The zero-order valence-electron chi connectivity index (χ0n) is 18.3. The third kappa shape index (κ3) is 4.95. The fraction of sp³-hybridized carbons (Fsp3) is 0.120. The van der Waals surface area contributed by atoms with Crippen molar-refractivity contribution in [3.8, 4) is 28.8 Å². The number of benzene rings is 2. The van der Waals surface area contributed by atoms with E-state index in [2.05, 4.69) is 15.2 Å². The number of nitriles is 1. The van der Waals surface area contributed by atoms with Crippen LogP contribution in [0.3, 0.4) is 0 Å². The number of hydrogen-bond donors (Lipinski definition) is 0. The van der Waals surface area contributed by atoms with Gasteiger partial charge in [0, 0.05) is 27.0 Å². The molecule has 0 aliphatic heterocycles. The molecule has 35 heavy (non-hydrogen) atoms. The summed E-state index contributed by atoms with van der Waals surface area (Å²) >= 11 is 8.45. The SMILES string of the molecule is Cc1csc(C(C#N)C(=O)CSc2nnc(-c3cc(-c4ccc(Cl)cc4)nc4ccccc34)o2)n1. The Balaban J connectivity index is 1.41. The molecular formula is C25H16ClN5O2S2. The number of fused-ring (bicyclic) bond motifs is 1. The van der Waals surface area contributed by atoms with Crippen LogP contribution < -0.4 is 0 Å². The number of para-hydroxylation sites is 1. The number of ketones is 1. The second-order valence-corrected chi connectivity index (χ2v) is 9.85. The molecule has 0 fully saturated rings. The first-order valence-electron chi connectivity index (χ1n) is 10.5. The summed E-state index contributed by atoms with van der Waals surface area (Å²) in [6.45, 7) is 1.83. The van der Waals surface area contributed by atoms with Crippen LogP contribution in [0.25, 0.3) is 33.6 Å². The van der Waals surface area contributed by atoms with Crippen LogP contribution in [0.2, 0.25) is 5.02 Å². The second kappa shape index (κ2) is 9.96. The quantitative estimate of drug-likeness (QED) is 0.230. The number of aromatic nitrogens is 4. The van der Waals surface area contributed by atoms with Gasteiger partial charge in [-0.3, -0.25) is 4.79 Å².